The van der Waals surface area contributed by atoms with Crippen LogP contribution in [-0.2, 0) is 9.53 Å². The van der Waals surface area contributed by atoms with E-state index < -0.39 is 12.0 Å². The number of morpholine rings is 1. The summed E-state index contributed by atoms with van der Waals surface area (Å²) in [6.45, 7) is 0.922. The number of hydrogen-bond donors (Lipinski definition) is 2. The van der Waals surface area contributed by atoms with Crippen molar-refractivity contribution in [3.8, 4) is 0 Å². The van der Waals surface area contributed by atoms with Gasteiger partial charge in [0.2, 0.25) is 5.91 Å². The molecule has 2 rings (SSSR count). The van der Waals surface area contributed by atoms with Crippen LogP contribution in [0.2, 0.25) is 0 Å². The standard InChI is InChI=1S/C12H14BrN3O3/c13-8-1-3-9(4-2-8)15-12(18)16-5-6-19-10(7-16)11(14)17/h1-4,10H,5-7H2,(H2,14,17)(H,15,18). The van der Waals surface area contributed by atoms with Crippen molar-refractivity contribution >= 4 is 33.6 Å². The van der Waals surface area contributed by atoms with Gasteiger partial charge in [0, 0.05) is 16.7 Å². The summed E-state index contributed by atoms with van der Waals surface area (Å²) in [5.74, 6) is -0.554. The van der Waals surface area contributed by atoms with E-state index in [1.54, 1.807) is 12.1 Å². The monoisotopic (exact) mass is 327 g/mol. The average molecular weight is 328 g/mol. The largest absolute Gasteiger partial charge is 0.367 e. The Labute approximate surface area is 119 Å². The molecule has 102 valence electrons. The third-order valence-corrected chi connectivity index (χ3v) is 3.30. The summed E-state index contributed by atoms with van der Waals surface area (Å²) in [5, 5.41) is 2.76. The Balaban J connectivity index is 1.96. The maximum absolute atomic E-state index is 12.0. The van der Waals surface area contributed by atoms with Gasteiger partial charge in [0.05, 0.1) is 13.2 Å². The van der Waals surface area contributed by atoms with Crippen LogP contribution in [0.5, 0.6) is 0 Å². The number of carbonyl (C=O) groups excluding carboxylic acids is 2. The SMILES string of the molecule is NC(=O)C1CN(C(=O)Nc2ccc(Br)cc2)CCO1. The Morgan fingerprint density at radius 2 is 2.05 bits per heavy atom. The highest BCUT2D eigenvalue weighted by Crippen LogP contribution is 2.15. The van der Waals surface area contributed by atoms with Gasteiger partial charge in [0.25, 0.3) is 0 Å². The number of benzene rings is 1. The number of halogens is 1. The van der Waals surface area contributed by atoms with E-state index in [2.05, 4.69) is 21.2 Å². The lowest BCUT2D eigenvalue weighted by molar-refractivity contribution is -0.133. The molecule has 0 spiro atoms. The number of urea groups is 1. The van der Waals surface area contributed by atoms with Gasteiger partial charge < -0.3 is 20.7 Å². The molecule has 0 radical (unpaired) electrons. The average Bonchev–Trinajstić information content (AvgIpc) is 2.41. The van der Waals surface area contributed by atoms with Gasteiger partial charge in [-0.1, -0.05) is 15.9 Å². The fourth-order valence-corrected chi connectivity index (χ4v) is 2.01. The zero-order chi connectivity index (χ0) is 13.8. The molecule has 19 heavy (non-hydrogen) atoms. The summed E-state index contributed by atoms with van der Waals surface area (Å²) >= 11 is 3.32. The Morgan fingerprint density at radius 1 is 1.37 bits per heavy atom. The molecule has 1 aromatic rings. The first-order valence-corrected chi connectivity index (χ1v) is 6.58. The second kappa shape index (κ2) is 6.03. The van der Waals surface area contributed by atoms with Crippen molar-refractivity contribution < 1.29 is 14.3 Å². The summed E-state index contributed by atoms with van der Waals surface area (Å²) in [7, 11) is 0. The van der Waals surface area contributed by atoms with Crippen molar-refractivity contribution in [1.29, 1.82) is 0 Å². The molecule has 0 bridgehead atoms. The smallest absolute Gasteiger partial charge is 0.322 e. The fraction of sp³-hybridized carbons (Fsp3) is 0.333. The lowest BCUT2D eigenvalue weighted by Gasteiger charge is -2.31. The third kappa shape index (κ3) is 3.68. The lowest BCUT2D eigenvalue weighted by Crippen LogP contribution is -2.51. The third-order valence-electron chi connectivity index (χ3n) is 2.77. The Hall–Kier alpha value is -1.60. The number of nitrogens with zero attached hydrogens (tertiary/aromatic N) is 1. The first-order chi connectivity index (χ1) is 9.06. The Bertz CT molecular complexity index is 478. The Kier molecular flexibility index (Phi) is 4.39. The summed E-state index contributed by atoms with van der Waals surface area (Å²) in [5.41, 5.74) is 5.86. The highest BCUT2D eigenvalue weighted by Gasteiger charge is 2.27. The molecule has 1 aromatic carbocycles. The van der Waals surface area contributed by atoms with Crippen molar-refractivity contribution in [2.45, 2.75) is 6.10 Å². The van der Waals surface area contributed by atoms with Crippen LogP contribution in [0.15, 0.2) is 28.7 Å². The van der Waals surface area contributed by atoms with Gasteiger partial charge in [-0.2, -0.15) is 0 Å². The van der Waals surface area contributed by atoms with E-state index in [1.807, 2.05) is 12.1 Å². The molecule has 7 heteroatoms. The van der Waals surface area contributed by atoms with Gasteiger partial charge in [-0.15, -0.1) is 0 Å². The fourth-order valence-electron chi connectivity index (χ4n) is 1.74. The minimum Gasteiger partial charge on any atom is -0.367 e. The summed E-state index contributed by atoms with van der Waals surface area (Å²) in [6.07, 6.45) is -0.732. The number of nitrogens with one attached hydrogen (secondary N) is 1. The van der Waals surface area contributed by atoms with Gasteiger partial charge >= 0.3 is 6.03 Å². The predicted octanol–water partition coefficient (Wildman–Crippen LogP) is 1.17. The summed E-state index contributed by atoms with van der Waals surface area (Å²) in [4.78, 5) is 24.6. The van der Waals surface area contributed by atoms with Crippen LogP contribution in [0.3, 0.4) is 0 Å². The van der Waals surface area contributed by atoms with Crippen molar-refractivity contribution in [3.05, 3.63) is 28.7 Å². The molecular weight excluding hydrogens is 314 g/mol. The van der Waals surface area contributed by atoms with Crippen LogP contribution in [0, 0.1) is 0 Å². The molecular formula is C12H14BrN3O3. The van der Waals surface area contributed by atoms with Crippen LogP contribution >= 0.6 is 15.9 Å². The molecule has 1 aliphatic rings. The molecule has 3 N–H and O–H groups in total. The quantitative estimate of drug-likeness (QED) is 0.855. The zero-order valence-electron chi connectivity index (χ0n) is 10.1. The normalized spacial score (nSPS) is 19.0. The molecule has 0 saturated carbocycles. The van der Waals surface area contributed by atoms with Crippen LogP contribution in [-0.4, -0.2) is 42.6 Å². The van der Waals surface area contributed by atoms with Gasteiger partial charge in [0.15, 0.2) is 6.10 Å². The van der Waals surface area contributed by atoms with Crippen LogP contribution < -0.4 is 11.1 Å². The minimum absolute atomic E-state index is 0.178. The topological polar surface area (TPSA) is 84.7 Å². The first kappa shape index (κ1) is 13.8. The molecule has 6 nitrogen and oxygen atoms in total. The number of nitrogens with two attached hydrogens (primary N) is 1. The molecule has 1 unspecified atom stereocenters. The number of primary amides is 1. The van der Waals surface area contributed by atoms with E-state index in [0.29, 0.717) is 18.8 Å². The van der Waals surface area contributed by atoms with E-state index in [4.69, 9.17) is 10.5 Å². The van der Waals surface area contributed by atoms with Crippen molar-refractivity contribution in [1.82, 2.24) is 4.90 Å². The number of amides is 3. The maximum atomic E-state index is 12.0. The Morgan fingerprint density at radius 3 is 2.68 bits per heavy atom. The van der Waals surface area contributed by atoms with Crippen molar-refractivity contribution in [2.75, 3.05) is 25.0 Å². The van der Waals surface area contributed by atoms with Gasteiger partial charge in [-0.25, -0.2) is 4.79 Å². The number of carbonyl (C=O) groups is 2. The highest BCUT2D eigenvalue weighted by atomic mass is 79.9. The van der Waals surface area contributed by atoms with E-state index in [0.717, 1.165) is 4.47 Å². The van der Waals surface area contributed by atoms with E-state index in [-0.39, 0.29) is 12.6 Å². The van der Waals surface area contributed by atoms with Gasteiger partial charge in [-0.05, 0) is 24.3 Å². The molecule has 3 amide bonds. The van der Waals surface area contributed by atoms with Crippen molar-refractivity contribution in [2.24, 2.45) is 5.73 Å². The lowest BCUT2D eigenvalue weighted by atomic mass is 10.2. The molecule has 1 aliphatic heterocycles. The van der Waals surface area contributed by atoms with Crippen LogP contribution in [0.1, 0.15) is 0 Å². The predicted molar refractivity (Wildman–Crippen MR) is 73.7 cm³/mol. The number of anilines is 1. The molecule has 1 atom stereocenters. The molecule has 1 saturated heterocycles. The number of rotatable bonds is 2. The molecule has 0 aromatic heterocycles. The highest BCUT2D eigenvalue weighted by molar-refractivity contribution is 9.10. The number of hydrogen-bond acceptors (Lipinski definition) is 3. The number of ether oxygens (including phenoxy) is 1. The van der Waals surface area contributed by atoms with E-state index in [9.17, 15) is 9.59 Å². The first-order valence-electron chi connectivity index (χ1n) is 5.78. The zero-order valence-corrected chi connectivity index (χ0v) is 11.7. The van der Waals surface area contributed by atoms with E-state index in [1.165, 1.54) is 4.90 Å². The summed E-state index contributed by atoms with van der Waals surface area (Å²) < 4.78 is 6.12. The van der Waals surface area contributed by atoms with E-state index >= 15 is 0 Å². The van der Waals surface area contributed by atoms with Gasteiger partial charge in [0.1, 0.15) is 0 Å². The minimum atomic E-state index is -0.732. The van der Waals surface area contributed by atoms with Crippen LogP contribution in [0.4, 0.5) is 10.5 Å². The van der Waals surface area contributed by atoms with Crippen molar-refractivity contribution in [3.63, 3.8) is 0 Å². The second-order valence-corrected chi connectivity index (χ2v) is 5.06. The molecule has 1 heterocycles. The molecule has 1 fully saturated rings. The second-order valence-electron chi connectivity index (χ2n) is 4.14. The van der Waals surface area contributed by atoms with Crippen LogP contribution in [0.25, 0.3) is 0 Å². The van der Waals surface area contributed by atoms with Gasteiger partial charge in [-0.3, -0.25) is 4.79 Å². The summed E-state index contributed by atoms with van der Waals surface area (Å²) in [6, 6.07) is 6.97. The maximum Gasteiger partial charge on any atom is 0.322 e. The molecule has 0 aliphatic carbocycles.